The Morgan fingerprint density at radius 1 is 1.15 bits per heavy atom. The number of alkyl halides is 3. The van der Waals surface area contributed by atoms with E-state index in [9.17, 15) is 18.0 Å². The predicted molar refractivity (Wildman–Crippen MR) is 97.0 cm³/mol. The van der Waals surface area contributed by atoms with E-state index >= 15 is 0 Å². The highest BCUT2D eigenvalue weighted by Crippen LogP contribution is 2.34. The third-order valence-electron chi connectivity index (χ3n) is 3.87. The largest absolute Gasteiger partial charge is 0.491 e. The molecular formula is C20H23F3N2O2. The molecule has 0 aliphatic rings. The van der Waals surface area contributed by atoms with Crippen molar-refractivity contribution in [2.24, 2.45) is 5.73 Å². The van der Waals surface area contributed by atoms with Gasteiger partial charge in [0.05, 0.1) is 11.7 Å². The molecule has 7 heteroatoms. The molecule has 1 atom stereocenters. The second kappa shape index (κ2) is 8.90. The highest BCUT2D eigenvalue weighted by atomic mass is 19.4. The van der Waals surface area contributed by atoms with E-state index < -0.39 is 23.7 Å². The molecule has 2 rings (SSSR count). The van der Waals surface area contributed by atoms with Crippen molar-refractivity contribution in [3.63, 3.8) is 0 Å². The van der Waals surface area contributed by atoms with Gasteiger partial charge in [-0.3, -0.25) is 4.79 Å². The standard InChI is InChI=1S/C20H23F3N2O2/c1-13(2)27-16-9-8-15(17(10-16)20(21,22)23)12-25-19(26)11-18(24)14-6-4-3-5-7-14/h3-10,13,18H,11-12,24H2,1-2H3,(H,25,26). The van der Waals surface area contributed by atoms with Gasteiger partial charge in [-0.15, -0.1) is 0 Å². The van der Waals surface area contributed by atoms with Crippen LogP contribution >= 0.6 is 0 Å². The van der Waals surface area contributed by atoms with Crippen molar-refractivity contribution < 1.29 is 22.7 Å². The Hall–Kier alpha value is -2.54. The molecular weight excluding hydrogens is 357 g/mol. The Bertz CT molecular complexity index is 762. The van der Waals surface area contributed by atoms with E-state index in [-0.39, 0.29) is 30.4 Å². The Morgan fingerprint density at radius 2 is 1.81 bits per heavy atom. The molecule has 0 fully saturated rings. The summed E-state index contributed by atoms with van der Waals surface area (Å²) in [4.78, 5) is 12.1. The number of nitrogens with two attached hydrogens (primary N) is 1. The third kappa shape index (κ3) is 6.29. The maximum absolute atomic E-state index is 13.3. The topological polar surface area (TPSA) is 64.3 Å². The summed E-state index contributed by atoms with van der Waals surface area (Å²) in [6.45, 7) is 3.23. The summed E-state index contributed by atoms with van der Waals surface area (Å²) in [5.41, 5.74) is 5.91. The van der Waals surface area contributed by atoms with Gasteiger partial charge in [0.25, 0.3) is 0 Å². The second-order valence-electron chi connectivity index (χ2n) is 6.48. The number of rotatable bonds is 7. The van der Waals surface area contributed by atoms with Crippen LogP contribution in [0.25, 0.3) is 0 Å². The molecule has 0 spiro atoms. The van der Waals surface area contributed by atoms with E-state index in [2.05, 4.69) is 5.32 Å². The maximum atomic E-state index is 13.3. The van der Waals surface area contributed by atoms with Gasteiger partial charge < -0.3 is 15.8 Å². The summed E-state index contributed by atoms with van der Waals surface area (Å²) in [6.07, 6.45) is -4.80. The van der Waals surface area contributed by atoms with Crippen molar-refractivity contribution in [3.05, 3.63) is 65.2 Å². The quantitative estimate of drug-likeness (QED) is 0.757. The van der Waals surface area contributed by atoms with Crippen molar-refractivity contribution >= 4 is 5.91 Å². The van der Waals surface area contributed by atoms with Crippen LogP contribution in [0.3, 0.4) is 0 Å². The van der Waals surface area contributed by atoms with Gasteiger partial charge in [0.1, 0.15) is 5.75 Å². The van der Waals surface area contributed by atoms with Crippen molar-refractivity contribution in [1.29, 1.82) is 0 Å². The number of amides is 1. The van der Waals surface area contributed by atoms with Crippen LogP contribution in [0.4, 0.5) is 13.2 Å². The number of hydrogen-bond donors (Lipinski definition) is 2. The first-order chi connectivity index (χ1) is 12.7. The van der Waals surface area contributed by atoms with Crippen LogP contribution in [0.15, 0.2) is 48.5 Å². The molecule has 1 unspecified atom stereocenters. The number of carbonyl (C=O) groups excluding carboxylic acids is 1. The second-order valence-corrected chi connectivity index (χ2v) is 6.48. The molecule has 0 aliphatic heterocycles. The minimum Gasteiger partial charge on any atom is -0.491 e. The fraction of sp³-hybridized carbons (Fsp3) is 0.350. The number of halogens is 3. The lowest BCUT2D eigenvalue weighted by Crippen LogP contribution is -2.28. The van der Waals surface area contributed by atoms with Gasteiger partial charge in [0.2, 0.25) is 5.91 Å². The van der Waals surface area contributed by atoms with Gasteiger partial charge in [-0.2, -0.15) is 13.2 Å². The molecule has 0 heterocycles. The molecule has 2 aromatic rings. The molecule has 1 amide bonds. The lowest BCUT2D eigenvalue weighted by Gasteiger charge is -2.17. The Balaban J connectivity index is 2.04. The van der Waals surface area contributed by atoms with Crippen LogP contribution in [0.2, 0.25) is 0 Å². The highest BCUT2D eigenvalue weighted by molar-refractivity contribution is 5.76. The SMILES string of the molecule is CC(C)Oc1ccc(CNC(=O)CC(N)c2ccccc2)c(C(F)(F)F)c1. The number of hydrogen-bond acceptors (Lipinski definition) is 3. The third-order valence-corrected chi connectivity index (χ3v) is 3.87. The molecule has 0 saturated carbocycles. The Morgan fingerprint density at radius 3 is 2.41 bits per heavy atom. The first-order valence-corrected chi connectivity index (χ1v) is 8.61. The van der Waals surface area contributed by atoms with E-state index in [1.165, 1.54) is 12.1 Å². The summed E-state index contributed by atoms with van der Waals surface area (Å²) in [6, 6.07) is 12.3. The van der Waals surface area contributed by atoms with Crippen LogP contribution in [0.5, 0.6) is 5.75 Å². The molecule has 2 aromatic carbocycles. The molecule has 0 bridgehead atoms. The number of ether oxygens (including phenoxy) is 1. The summed E-state index contributed by atoms with van der Waals surface area (Å²) in [7, 11) is 0. The van der Waals surface area contributed by atoms with Crippen molar-refractivity contribution in [3.8, 4) is 5.75 Å². The van der Waals surface area contributed by atoms with Gasteiger partial charge in [0.15, 0.2) is 0 Å². The molecule has 0 saturated heterocycles. The first-order valence-electron chi connectivity index (χ1n) is 8.61. The molecule has 4 nitrogen and oxygen atoms in total. The van der Waals surface area contributed by atoms with E-state index in [0.717, 1.165) is 11.6 Å². The average Bonchev–Trinajstić information content (AvgIpc) is 2.60. The van der Waals surface area contributed by atoms with Gasteiger partial charge in [-0.05, 0) is 37.1 Å². The Kier molecular flexibility index (Phi) is 6.85. The zero-order chi connectivity index (χ0) is 20.0. The minimum absolute atomic E-state index is 0.0140. The summed E-state index contributed by atoms with van der Waals surface area (Å²) in [5.74, 6) is -0.277. The van der Waals surface area contributed by atoms with Crippen LogP contribution < -0.4 is 15.8 Å². The smallest absolute Gasteiger partial charge is 0.416 e. The van der Waals surface area contributed by atoms with Crippen molar-refractivity contribution in [1.82, 2.24) is 5.32 Å². The fourth-order valence-corrected chi connectivity index (χ4v) is 2.60. The maximum Gasteiger partial charge on any atom is 0.416 e. The van der Waals surface area contributed by atoms with Gasteiger partial charge >= 0.3 is 6.18 Å². The van der Waals surface area contributed by atoms with Crippen molar-refractivity contribution in [2.45, 2.75) is 45.1 Å². The lowest BCUT2D eigenvalue weighted by atomic mass is 10.0. The summed E-state index contributed by atoms with van der Waals surface area (Å²) < 4.78 is 45.3. The van der Waals surface area contributed by atoms with Crippen molar-refractivity contribution in [2.75, 3.05) is 0 Å². The van der Waals surface area contributed by atoms with Gasteiger partial charge in [0, 0.05) is 19.0 Å². The number of carbonyl (C=O) groups is 1. The normalized spacial score (nSPS) is 12.7. The van der Waals surface area contributed by atoms with Crippen LogP contribution in [-0.4, -0.2) is 12.0 Å². The van der Waals surface area contributed by atoms with E-state index in [1.807, 2.05) is 18.2 Å². The van der Waals surface area contributed by atoms with Gasteiger partial charge in [-0.25, -0.2) is 0 Å². The number of nitrogens with one attached hydrogen (secondary N) is 1. The minimum atomic E-state index is -4.54. The van der Waals surface area contributed by atoms with E-state index in [4.69, 9.17) is 10.5 Å². The molecule has 3 N–H and O–H groups in total. The highest BCUT2D eigenvalue weighted by Gasteiger charge is 2.34. The van der Waals surface area contributed by atoms with E-state index in [0.29, 0.717) is 0 Å². The summed E-state index contributed by atoms with van der Waals surface area (Å²) in [5, 5.41) is 2.51. The monoisotopic (exact) mass is 380 g/mol. The molecule has 146 valence electrons. The average molecular weight is 380 g/mol. The molecule has 0 radical (unpaired) electrons. The molecule has 0 aromatic heterocycles. The summed E-state index contributed by atoms with van der Waals surface area (Å²) >= 11 is 0. The Labute approximate surface area is 156 Å². The number of benzene rings is 2. The molecule has 0 aliphatic carbocycles. The lowest BCUT2D eigenvalue weighted by molar-refractivity contribution is -0.138. The predicted octanol–water partition coefficient (Wildman–Crippen LogP) is 4.20. The van der Waals surface area contributed by atoms with Crippen LogP contribution in [0, 0.1) is 0 Å². The van der Waals surface area contributed by atoms with Crippen LogP contribution in [0.1, 0.15) is 43.0 Å². The van der Waals surface area contributed by atoms with Gasteiger partial charge in [-0.1, -0.05) is 36.4 Å². The zero-order valence-corrected chi connectivity index (χ0v) is 15.2. The molecule has 27 heavy (non-hydrogen) atoms. The fourth-order valence-electron chi connectivity index (χ4n) is 2.60. The van der Waals surface area contributed by atoms with Crippen LogP contribution in [-0.2, 0) is 17.5 Å². The first kappa shape index (κ1) is 20.8. The van der Waals surface area contributed by atoms with E-state index in [1.54, 1.807) is 26.0 Å². The zero-order valence-electron chi connectivity index (χ0n) is 15.2.